The van der Waals surface area contributed by atoms with Gasteiger partial charge in [-0.2, -0.15) is 0 Å². The van der Waals surface area contributed by atoms with Gasteiger partial charge in [0.1, 0.15) is 34.8 Å². The molecule has 7 heteroatoms. The van der Waals surface area contributed by atoms with Crippen molar-refractivity contribution in [2.24, 2.45) is 9.98 Å². The molecule has 0 aliphatic carbocycles. The van der Waals surface area contributed by atoms with Crippen LogP contribution in [-0.4, -0.2) is 32.9 Å². The number of aliphatic imine (C=N–C) groups is 2. The molecule has 0 spiro atoms. The first-order chi connectivity index (χ1) is 33.4. The number of aromatic hydroxyl groups is 2. The minimum atomic E-state index is -1.43. The third kappa shape index (κ3) is 10.1. The molecule has 10 aromatic carbocycles. The maximum absolute atomic E-state index is 12.5. The number of hydrogen-bond acceptors (Lipinski definition) is 6. The fraction of sp³-hybridized carbons (Fsp3) is 0.0645. The molecular formula is C62H50N2O4Ti. The Labute approximate surface area is 417 Å². The zero-order valence-electron chi connectivity index (χ0n) is 37.7. The van der Waals surface area contributed by atoms with Gasteiger partial charge in [0.05, 0.1) is 0 Å². The quantitative estimate of drug-likeness (QED) is 0.0723. The standard InChI is InChI=1S/2C31H25NO2.Ti/c2*33-29-21-20-23-12-10-11-19-27(23)28(29)22-32-30(24-13-4-1-5-14-24)31(34,25-15-6-2-7-16-25)26-17-8-3-9-18-26;/h2*1-22,30,33-34H;/t2*30-;/m11./s1. The van der Waals surface area contributed by atoms with Crippen LogP contribution in [0, 0.1) is 0 Å². The molecule has 0 radical (unpaired) electrons. The first-order valence-corrected chi connectivity index (χ1v) is 22.6. The molecule has 2 atom stereocenters. The number of benzene rings is 10. The SMILES string of the molecule is Oc1ccc2ccccc2c1C=N[C@H](c1ccccc1)C(O)(c1ccccc1)c1ccccc1.Oc1ccc2ccccc2c1C=N[C@H](c1ccccc1)C(O)(c1ccccc1)c1ccccc1.[Ti]. The zero-order valence-corrected chi connectivity index (χ0v) is 39.3. The average Bonchev–Trinajstić information content (AvgIpc) is 3.41. The van der Waals surface area contributed by atoms with Crippen LogP contribution >= 0.6 is 0 Å². The van der Waals surface area contributed by atoms with Gasteiger partial charge in [-0.15, -0.1) is 0 Å². The maximum atomic E-state index is 12.5. The molecule has 0 unspecified atom stereocenters. The second kappa shape index (κ2) is 21.9. The molecule has 6 nitrogen and oxygen atoms in total. The summed E-state index contributed by atoms with van der Waals surface area (Å²) in [6.07, 6.45) is 3.37. The first kappa shape index (κ1) is 47.8. The summed E-state index contributed by atoms with van der Waals surface area (Å²) < 4.78 is 0. The number of phenolic OH excluding ortho intramolecular Hbond substituents is 2. The maximum Gasteiger partial charge on any atom is 0.141 e. The smallest absolute Gasteiger partial charge is 0.141 e. The summed E-state index contributed by atoms with van der Waals surface area (Å²) in [5, 5.41) is 50.1. The van der Waals surface area contributed by atoms with Crippen LogP contribution in [0.2, 0.25) is 0 Å². The van der Waals surface area contributed by atoms with Crippen molar-refractivity contribution in [3.8, 4) is 11.5 Å². The summed E-state index contributed by atoms with van der Waals surface area (Å²) in [6.45, 7) is 0. The van der Waals surface area contributed by atoms with Crippen LogP contribution in [0.15, 0.2) is 265 Å². The minimum absolute atomic E-state index is 0. The van der Waals surface area contributed by atoms with E-state index in [4.69, 9.17) is 9.98 Å². The Morgan fingerprint density at radius 3 is 0.884 bits per heavy atom. The topological polar surface area (TPSA) is 106 Å². The van der Waals surface area contributed by atoms with E-state index in [1.54, 1.807) is 24.6 Å². The van der Waals surface area contributed by atoms with Gasteiger partial charge in [-0.25, -0.2) is 0 Å². The molecule has 0 aliphatic rings. The Morgan fingerprint density at radius 1 is 0.319 bits per heavy atom. The van der Waals surface area contributed by atoms with Crippen LogP contribution in [0.1, 0.15) is 56.6 Å². The predicted molar refractivity (Wildman–Crippen MR) is 277 cm³/mol. The van der Waals surface area contributed by atoms with E-state index in [1.165, 1.54) is 0 Å². The van der Waals surface area contributed by atoms with Gasteiger partial charge in [0.15, 0.2) is 0 Å². The zero-order chi connectivity index (χ0) is 46.8. The van der Waals surface area contributed by atoms with Crippen molar-refractivity contribution in [3.63, 3.8) is 0 Å². The molecule has 0 saturated heterocycles. The van der Waals surface area contributed by atoms with E-state index >= 15 is 0 Å². The van der Waals surface area contributed by atoms with E-state index < -0.39 is 23.3 Å². The van der Waals surface area contributed by atoms with Gasteiger partial charge >= 0.3 is 0 Å². The first-order valence-electron chi connectivity index (χ1n) is 22.6. The third-order valence-corrected chi connectivity index (χ3v) is 12.5. The molecule has 336 valence electrons. The summed E-state index contributed by atoms with van der Waals surface area (Å²) in [7, 11) is 0. The Kier molecular flexibility index (Phi) is 15.2. The Morgan fingerprint density at radius 2 is 0.580 bits per heavy atom. The molecule has 4 N–H and O–H groups in total. The molecule has 0 amide bonds. The number of aliphatic hydroxyl groups is 2. The summed E-state index contributed by atoms with van der Waals surface area (Å²) >= 11 is 0. The van der Waals surface area contributed by atoms with Crippen molar-refractivity contribution in [2.75, 3.05) is 0 Å². The number of hydrogen-bond donors (Lipinski definition) is 4. The normalized spacial score (nSPS) is 12.6. The predicted octanol–water partition coefficient (Wildman–Crippen LogP) is 13.3. The molecule has 0 aliphatic heterocycles. The average molecular weight is 935 g/mol. The van der Waals surface area contributed by atoms with Gasteiger partial charge in [0, 0.05) is 45.3 Å². The van der Waals surface area contributed by atoms with Gasteiger partial charge in [0.2, 0.25) is 0 Å². The number of phenols is 2. The van der Waals surface area contributed by atoms with E-state index in [0.717, 1.165) is 54.9 Å². The van der Waals surface area contributed by atoms with Gasteiger partial charge in [-0.05, 0) is 67.1 Å². The van der Waals surface area contributed by atoms with E-state index in [-0.39, 0.29) is 33.2 Å². The fourth-order valence-electron chi connectivity index (χ4n) is 9.01. The van der Waals surface area contributed by atoms with Gasteiger partial charge in [-0.1, -0.05) is 243 Å². The molecule has 10 aromatic rings. The molecule has 10 rings (SSSR count). The van der Waals surface area contributed by atoms with Crippen molar-refractivity contribution in [3.05, 3.63) is 299 Å². The van der Waals surface area contributed by atoms with Crippen LogP contribution in [-0.2, 0) is 32.9 Å². The summed E-state index contributed by atoms with van der Waals surface area (Å²) in [5.41, 5.74) is 3.11. The molecule has 0 aromatic heterocycles. The van der Waals surface area contributed by atoms with Crippen LogP contribution in [0.4, 0.5) is 0 Å². The largest absolute Gasteiger partial charge is 0.507 e. The monoisotopic (exact) mass is 934 g/mol. The summed E-state index contributed by atoms with van der Waals surface area (Å²) in [4.78, 5) is 9.93. The second-order valence-electron chi connectivity index (χ2n) is 16.6. The number of rotatable bonds is 12. The molecular weight excluding hydrogens is 885 g/mol. The summed E-state index contributed by atoms with van der Waals surface area (Å²) in [6, 6.07) is 79.7. The van der Waals surface area contributed by atoms with Gasteiger partial charge < -0.3 is 20.4 Å². The van der Waals surface area contributed by atoms with Crippen LogP contribution in [0.25, 0.3) is 21.5 Å². The van der Waals surface area contributed by atoms with Gasteiger partial charge in [-0.3, -0.25) is 9.98 Å². The number of fused-ring (bicyclic) bond motifs is 2. The van der Waals surface area contributed by atoms with Crippen LogP contribution in [0.3, 0.4) is 0 Å². The van der Waals surface area contributed by atoms with Crippen molar-refractivity contribution >= 4 is 34.0 Å². The second-order valence-corrected chi connectivity index (χ2v) is 16.6. The summed E-state index contributed by atoms with van der Waals surface area (Å²) in [5.74, 6) is 0.300. The van der Waals surface area contributed by atoms with Crippen LogP contribution in [0.5, 0.6) is 11.5 Å². The van der Waals surface area contributed by atoms with Crippen molar-refractivity contribution in [1.82, 2.24) is 0 Å². The Hall–Kier alpha value is -7.71. The number of nitrogens with zero attached hydrogens (tertiary/aromatic N) is 2. The minimum Gasteiger partial charge on any atom is -0.507 e. The van der Waals surface area contributed by atoms with E-state index in [2.05, 4.69) is 0 Å². The Balaban J connectivity index is 0.000000183. The molecule has 0 bridgehead atoms. The molecule has 69 heavy (non-hydrogen) atoms. The van der Waals surface area contributed by atoms with E-state index in [0.29, 0.717) is 11.1 Å². The van der Waals surface area contributed by atoms with E-state index in [1.807, 2.05) is 243 Å². The van der Waals surface area contributed by atoms with E-state index in [9.17, 15) is 20.4 Å². The van der Waals surface area contributed by atoms with Crippen molar-refractivity contribution < 1.29 is 42.1 Å². The van der Waals surface area contributed by atoms with Crippen molar-refractivity contribution in [1.29, 1.82) is 0 Å². The Bertz CT molecular complexity index is 2980. The molecule has 0 fully saturated rings. The molecule has 0 saturated carbocycles. The third-order valence-electron chi connectivity index (χ3n) is 12.5. The van der Waals surface area contributed by atoms with Crippen molar-refractivity contribution in [2.45, 2.75) is 23.3 Å². The van der Waals surface area contributed by atoms with Crippen LogP contribution < -0.4 is 0 Å². The van der Waals surface area contributed by atoms with Gasteiger partial charge in [0.25, 0.3) is 0 Å². The molecule has 0 heterocycles. The fourth-order valence-corrected chi connectivity index (χ4v) is 9.01.